The maximum atomic E-state index is 9.26. The Kier molecular flexibility index (Phi) is 3.06. The predicted molar refractivity (Wildman–Crippen MR) is 51.2 cm³/mol. The molecule has 0 aliphatic carbocycles. The molecule has 0 aliphatic heterocycles. The van der Waals surface area contributed by atoms with Crippen molar-refractivity contribution in [3.63, 3.8) is 0 Å². The van der Waals surface area contributed by atoms with E-state index in [4.69, 9.17) is 10.8 Å². The Hall–Kier alpha value is -1.32. The maximum Gasteiger partial charge on any atom is 0.121 e. The number of benzene rings is 1. The highest BCUT2D eigenvalue weighted by molar-refractivity contribution is 5.37. The Morgan fingerprint density at radius 2 is 2.23 bits per heavy atom. The summed E-state index contributed by atoms with van der Waals surface area (Å²) in [5, 5.41) is 18.1. The molecule has 0 aromatic heterocycles. The standard InChI is InChI=1S/C10H13NO2/c1-2-9(11)7-3-4-10(13)8(5-7)6-12/h2-5,9,12-13H,1,6,11H2/t9-/m0/s1. The van der Waals surface area contributed by atoms with Crippen molar-refractivity contribution in [2.24, 2.45) is 5.73 Å². The highest BCUT2D eigenvalue weighted by atomic mass is 16.3. The monoisotopic (exact) mass is 179 g/mol. The van der Waals surface area contributed by atoms with Gasteiger partial charge in [-0.25, -0.2) is 0 Å². The van der Waals surface area contributed by atoms with Crippen LogP contribution in [0.3, 0.4) is 0 Å². The summed E-state index contributed by atoms with van der Waals surface area (Å²) in [6.45, 7) is 3.37. The molecule has 1 rings (SSSR count). The van der Waals surface area contributed by atoms with Gasteiger partial charge in [0.05, 0.1) is 6.61 Å². The third-order valence-corrected chi connectivity index (χ3v) is 1.91. The minimum atomic E-state index is -0.258. The lowest BCUT2D eigenvalue weighted by molar-refractivity contribution is 0.275. The average molecular weight is 179 g/mol. The number of phenols is 1. The number of hydrogen-bond donors (Lipinski definition) is 3. The van der Waals surface area contributed by atoms with Crippen molar-refractivity contribution in [3.8, 4) is 5.75 Å². The quantitative estimate of drug-likeness (QED) is 0.608. The van der Waals surface area contributed by atoms with Crippen LogP contribution in [0.15, 0.2) is 30.9 Å². The fourth-order valence-corrected chi connectivity index (χ4v) is 1.08. The van der Waals surface area contributed by atoms with Crippen LogP contribution in [-0.2, 0) is 6.61 Å². The lowest BCUT2D eigenvalue weighted by Crippen LogP contribution is -2.06. The summed E-state index contributed by atoms with van der Waals surface area (Å²) in [6, 6.07) is 4.64. The first kappa shape index (κ1) is 9.77. The highest BCUT2D eigenvalue weighted by Crippen LogP contribution is 2.21. The summed E-state index contributed by atoms with van der Waals surface area (Å²) < 4.78 is 0. The molecule has 4 N–H and O–H groups in total. The SMILES string of the molecule is C=C[C@H](N)c1ccc(O)c(CO)c1. The van der Waals surface area contributed by atoms with Crippen LogP contribution in [0.4, 0.5) is 0 Å². The van der Waals surface area contributed by atoms with Crippen LogP contribution in [0.5, 0.6) is 5.75 Å². The van der Waals surface area contributed by atoms with E-state index in [1.165, 1.54) is 6.07 Å². The molecule has 0 amide bonds. The molecule has 3 nitrogen and oxygen atoms in total. The normalized spacial score (nSPS) is 12.5. The minimum Gasteiger partial charge on any atom is -0.508 e. The van der Waals surface area contributed by atoms with E-state index in [-0.39, 0.29) is 18.4 Å². The van der Waals surface area contributed by atoms with Crippen LogP contribution in [0.2, 0.25) is 0 Å². The smallest absolute Gasteiger partial charge is 0.121 e. The molecule has 0 heterocycles. The van der Waals surface area contributed by atoms with E-state index in [2.05, 4.69) is 6.58 Å². The van der Waals surface area contributed by atoms with Crippen molar-refractivity contribution in [2.75, 3.05) is 0 Å². The second-order valence-electron chi connectivity index (χ2n) is 2.81. The molecular formula is C10H13NO2. The van der Waals surface area contributed by atoms with Gasteiger partial charge in [0.15, 0.2) is 0 Å². The lowest BCUT2D eigenvalue weighted by atomic mass is 10.0. The number of aromatic hydroxyl groups is 1. The van der Waals surface area contributed by atoms with Crippen LogP contribution in [0, 0.1) is 0 Å². The number of rotatable bonds is 3. The van der Waals surface area contributed by atoms with Gasteiger partial charge in [0.2, 0.25) is 0 Å². The van der Waals surface area contributed by atoms with Crippen LogP contribution in [0.1, 0.15) is 17.2 Å². The molecule has 3 heteroatoms. The van der Waals surface area contributed by atoms with Crippen molar-refractivity contribution in [1.29, 1.82) is 0 Å². The van der Waals surface area contributed by atoms with E-state index >= 15 is 0 Å². The average Bonchev–Trinajstić information content (AvgIpc) is 2.17. The van der Waals surface area contributed by atoms with Gasteiger partial charge in [0.1, 0.15) is 5.75 Å². The molecule has 0 aliphatic rings. The molecule has 0 saturated carbocycles. The van der Waals surface area contributed by atoms with Gasteiger partial charge in [-0.05, 0) is 17.7 Å². The zero-order chi connectivity index (χ0) is 9.84. The molecule has 0 bridgehead atoms. The van der Waals surface area contributed by atoms with Gasteiger partial charge in [-0.15, -0.1) is 6.58 Å². The van der Waals surface area contributed by atoms with E-state index in [1.807, 2.05) is 0 Å². The first-order valence-corrected chi connectivity index (χ1v) is 4.00. The number of hydrogen-bond acceptors (Lipinski definition) is 3. The topological polar surface area (TPSA) is 66.5 Å². The maximum absolute atomic E-state index is 9.26. The summed E-state index contributed by atoms with van der Waals surface area (Å²) in [5.41, 5.74) is 7.00. The van der Waals surface area contributed by atoms with Crippen molar-refractivity contribution < 1.29 is 10.2 Å². The van der Waals surface area contributed by atoms with Gasteiger partial charge < -0.3 is 15.9 Å². The van der Waals surface area contributed by atoms with Crippen molar-refractivity contribution in [2.45, 2.75) is 12.6 Å². The molecule has 1 aromatic carbocycles. The van der Waals surface area contributed by atoms with Crippen LogP contribution < -0.4 is 5.73 Å². The molecule has 70 valence electrons. The minimum absolute atomic E-state index is 0.0857. The van der Waals surface area contributed by atoms with E-state index in [0.29, 0.717) is 5.56 Å². The van der Waals surface area contributed by atoms with Crippen molar-refractivity contribution in [1.82, 2.24) is 0 Å². The third kappa shape index (κ3) is 2.08. The summed E-state index contributed by atoms with van der Waals surface area (Å²) in [6.07, 6.45) is 1.60. The molecule has 0 saturated heterocycles. The summed E-state index contributed by atoms with van der Waals surface area (Å²) in [7, 11) is 0. The Balaban J connectivity index is 3.05. The Bertz CT molecular complexity index is 310. The predicted octanol–water partition coefficient (Wildman–Crippen LogP) is 1.07. The van der Waals surface area contributed by atoms with Crippen molar-refractivity contribution in [3.05, 3.63) is 42.0 Å². The first-order chi connectivity index (χ1) is 6.19. The van der Waals surface area contributed by atoms with Gasteiger partial charge >= 0.3 is 0 Å². The Labute approximate surface area is 77.1 Å². The molecule has 13 heavy (non-hydrogen) atoms. The van der Waals surface area contributed by atoms with Gasteiger partial charge in [-0.1, -0.05) is 12.1 Å². The number of nitrogens with two attached hydrogens (primary N) is 1. The fourth-order valence-electron chi connectivity index (χ4n) is 1.08. The Morgan fingerprint density at radius 3 is 2.77 bits per heavy atom. The van der Waals surface area contributed by atoms with Crippen LogP contribution in [0.25, 0.3) is 0 Å². The van der Waals surface area contributed by atoms with E-state index < -0.39 is 0 Å². The lowest BCUT2D eigenvalue weighted by Gasteiger charge is -2.08. The van der Waals surface area contributed by atoms with Crippen LogP contribution in [-0.4, -0.2) is 10.2 Å². The molecule has 0 radical (unpaired) electrons. The highest BCUT2D eigenvalue weighted by Gasteiger charge is 2.05. The van der Waals surface area contributed by atoms with E-state index in [1.54, 1.807) is 18.2 Å². The Morgan fingerprint density at radius 1 is 1.54 bits per heavy atom. The summed E-state index contributed by atoms with van der Waals surface area (Å²) in [5.74, 6) is 0.0857. The van der Waals surface area contributed by atoms with Gasteiger partial charge in [-0.3, -0.25) is 0 Å². The van der Waals surface area contributed by atoms with E-state index in [0.717, 1.165) is 5.56 Å². The fraction of sp³-hybridized carbons (Fsp3) is 0.200. The summed E-state index contributed by atoms with van der Waals surface area (Å²) in [4.78, 5) is 0. The molecule has 1 aromatic rings. The molecule has 1 atom stereocenters. The largest absolute Gasteiger partial charge is 0.508 e. The molecular weight excluding hydrogens is 166 g/mol. The zero-order valence-corrected chi connectivity index (χ0v) is 7.27. The van der Waals surface area contributed by atoms with Gasteiger partial charge in [0, 0.05) is 11.6 Å². The zero-order valence-electron chi connectivity index (χ0n) is 7.27. The first-order valence-electron chi connectivity index (χ1n) is 4.00. The molecule has 0 spiro atoms. The second kappa shape index (κ2) is 4.07. The van der Waals surface area contributed by atoms with Gasteiger partial charge in [-0.2, -0.15) is 0 Å². The second-order valence-corrected chi connectivity index (χ2v) is 2.81. The number of aliphatic hydroxyl groups excluding tert-OH is 1. The molecule has 0 fully saturated rings. The van der Waals surface area contributed by atoms with E-state index in [9.17, 15) is 5.11 Å². The third-order valence-electron chi connectivity index (χ3n) is 1.91. The van der Waals surface area contributed by atoms with Crippen LogP contribution >= 0.6 is 0 Å². The van der Waals surface area contributed by atoms with Crippen molar-refractivity contribution >= 4 is 0 Å². The molecule has 0 unspecified atom stereocenters. The summed E-state index contributed by atoms with van der Waals surface area (Å²) >= 11 is 0. The number of aliphatic hydroxyl groups is 1. The van der Waals surface area contributed by atoms with Gasteiger partial charge in [0.25, 0.3) is 0 Å².